The predicted molar refractivity (Wildman–Crippen MR) is 112 cm³/mol. The Labute approximate surface area is 177 Å². The van der Waals surface area contributed by atoms with Crippen LogP contribution in [-0.4, -0.2) is 38.4 Å². The van der Waals surface area contributed by atoms with Crippen molar-refractivity contribution in [2.45, 2.75) is 13.8 Å². The van der Waals surface area contributed by atoms with Gasteiger partial charge in [-0.3, -0.25) is 4.79 Å². The topological polar surface area (TPSA) is 112 Å². The largest absolute Gasteiger partial charge is 0.461 e. The minimum Gasteiger partial charge on any atom is -0.461 e. The van der Waals surface area contributed by atoms with Crippen LogP contribution in [0.2, 0.25) is 0 Å². The average molecular weight is 417 g/mol. The lowest BCUT2D eigenvalue weighted by molar-refractivity contribution is 0.0519. The van der Waals surface area contributed by atoms with E-state index in [0.29, 0.717) is 28.7 Å². The Morgan fingerprint density at radius 2 is 1.94 bits per heavy atom. The molecule has 4 aromatic rings. The van der Waals surface area contributed by atoms with Gasteiger partial charge in [-0.15, -0.1) is 0 Å². The van der Waals surface area contributed by atoms with Crippen LogP contribution < -0.4 is 5.32 Å². The molecule has 0 spiro atoms. The number of esters is 1. The van der Waals surface area contributed by atoms with Gasteiger partial charge < -0.3 is 14.6 Å². The van der Waals surface area contributed by atoms with Gasteiger partial charge in [0.15, 0.2) is 11.5 Å². The quantitative estimate of drug-likeness (QED) is 0.476. The van der Waals surface area contributed by atoms with Crippen molar-refractivity contribution in [3.8, 4) is 17.1 Å². The summed E-state index contributed by atoms with van der Waals surface area (Å²) in [5.74, 6) is 0.199. The van der Waals surface area contributed by atoms with Gasteiger partial charge in [-0.2, -0.15) is 10.1 Å². The zero-order chi connectivity index (χ0) is 21.8. The van der Waals surface area contributed by atoms with Gasteiger partial charge >= 0.3 is 5.97 Å². The minimum absolute atomic E-state index is 0.216. The summed E-state index contributed by atoms with van der Waals surface area (Å²) in [6, 6.07) is 15.6. The van der Waals surface area contributed by atoms with Crippen molar-refractivity contribution >= 4 is 17.6 Å². The molecule has 1 amide bonds. The molecule has 9 nitrogen and oxygen atoms in total. The first-order valence-corrected chi connectivity index (χ1v) is 9.59. The van der Waals surface area contributed by atoms with Crippen LogP contribution in [0.3, 0.4) is 0 Å². The summed E-state index contributed by atoms with van der Waals surface area (Å²) in [7, 11) is 0. The molecule has 2 heterocycles. The van der Waals surface area contributed by atoms with Crippen molar-refractivity contribution in [1.29, 1.82) is 0 Å². The lowest BCUT2D eigenvalue weighted by Crippen LogP contribution is -2.12. The van der Waals surface area contributed by atoms with Crippen molar-refractivity contribution < 1.29 is 18.8 Å². The average Bonchev–Trinajstić information content (AvgIpc) is 3.44. The first-order valence-electron chi connectivity index (χ1n) is 9.59. The maximum atomic E-state index is 12.6. The van der Waals surface area contributed by atoms with Gasteiger partial charge in [0.05, 0.1) is 12.3 Å². The van der Waals surface area contributed by atoms with Crippen molar-refractivity contribution in [3.63, 3.8) is 0 Å². The number of aromatic nitrogens is 4. The molecule has 0 bridgehead atoms. The molecule has 0 fully saturated rings. The summed E-state index contributed by atoms with van der Waals surface area (Å²) >= 11 is 0. The van der Waals surface area contributed by atoms with Crippen LogP contribution in [0.25, 0.3) is 17.1 Å². The van der Waals surface area contributed by atoms with Gasteiger partial charge in [0.25, 0.3) is 11.8 Å². The van der Waals surface area contributed by atoms with Crippen LogP contribution in [0.5, 0.6) is 0 Å². The second-order valence-corrected chi connectivity index (χ2v) is 6.59. The van der Waals surface area contributed by atoms with E-state index in [2.05, 4.69) is 20.6 Å². The van der Waals surface area contributed by atoms with Crippen LogP contribution in [0.4, 0.5) is 5.69 Å². The monoisotopic (exact) mass is 417 g/mol. The van der Waals surface area contributed by atoms with E-state index >= 15 is 0 Å². The zero-order valence-electron chi connectivity index (χ0n) is 16.9. The molecule has 0 saturated heterocycles. The Kier molecular flexibility index (Phi) is 5.57. The maximum absolute atomic E-state index is 12.6. The second kappa shape index (κ2) is 8.62. The molecular formula is C22H19N5O4. The summed E-state index contributed by atoms with van der Waals surface area (Å²) in [6.45, 7) is 3.76. The van der Waals surface area contributed by atoms with Gasteiger partial charge in [0.1, 0.15) is 0 Å². The van der Waals surface area contributed by atoms with E-state index in [-0.39, 0.29) is 18.2 Å². The van der Waals surface area contributed by atoms with Gasteiger partial charge in [-0.25, -0.2) is 9.48 Å². The summed E-state index contributed by atoms with van der Waals surface area (Å²) in [5, 5.41) is 10.8. The van der Waals surface area contributed by atoms with Gasteiger partial charge in [-0.1, -0.05) is 11.2 Å². The van der Waals surface area contributed by atoms with Gasteiger partial charge in [-0.05, 0) is 62.4 Å². The number of rotatable bonds is 6. The van der Waals surface area contributed by atoms with Crippen molar-refractivity contribution in [3.05, 3.63) is 77.9 Å². The second-order valence-electron chi connectivity index (χ2n) is 6.59. The van der Waals surface area contributed by atoms with E-state index in [1.807, 2.05) is 6.07 Å². The maximum Gasteiger partial charge on any atom is 0.358 e. The zero-order valence-corrected chi connectivity index (χ0v) is 16.9. The third-order valence-electron chi connectivity index (χ3n) is 4.36. The number of aryl methyl sites for hydroxylation is 1. The number of amides is 1. The molecule has 156 valence electrons. The fourth-order valence-electron chi connectivity index (χ4n) is 2.89. The van der Waals surface area contributed by atoms with E-state index in [1.54, 1.807) is 73.3 Å². The number of benzene rings is 2. The molecule has 9 heteroatoms. The standard InChI is InChI=1S/C22H19N5O4/c1-3-30-22(29)19-11-12-27(25-19)18-6-4-5-17(13-18)24-20(28)15-7-9-16(10-8-15)21-23-14(2)26-31-21/h4-13H,3H2,1-2H3,(H,24,28). The van der Waals surface area contributed by atoms with Crippen LogP contribution in [0.15, 0.2) is 65.3 Å². The smallest absolute Gasteiger partial charge is 0.358 e. The van der Waals surface area contributed by atoms with Crippen LogP contribution >= 0.6 is 0 Å². The Hall–Kier alpha value is -4.27. The Morgan fingerprint density at radius 1 is 1.13 bits per heavy atom. The van der Waals surface area contributed by atoms with E-state index in [4.69, 9.17) is 9.26 Å². The molecule has 2 aromatic carbocycles. The van der Waals surface area contributed by atoms with E-state index < -0.39 is 5.97 Å². The summed E-state index contributed by atoms with van der Waals surface area (Å²) in [4.78, 5) is 28.6. The predicted octanol–water partition coefficient (Wildman–Crippen LogP) is 3.66. The number of carbonyl (C=O) groups is 2. The Bertz CT molecular complexity index is 1230. The van der Waals surface area contributed by atoms with Crippen molar-refractivity contribution in [2.24, 2.45) is 0 Å². The molecule has 0 atom stereocenters. The highest BCUT2D eigenvalue weighted by Gasteiger charge is 2.12. The molecule has 2 aromatic heterocycles. The molecule has 0 aliphatic rings. The molecule has 0 aliphatic carbocycles. The Morgan fingerprint density at radius 3 is 2.65 bits per heavy atom. The third-order valence-corrected chi connectivity index (χ3v) is 4.36. The molecule has 0 aliphatic heterocycles. The number of hydrogen-bond acceptors (Lipinski definition) is 7. The summed E-state index contributed by atoms with van der Waals surface area (Å²) < 4.78 is 11.6. The van der Waals surface area contributed by atoms with Crippen molar-refractivity contribution in [2.75, 3.05) is 11.9 Å². The SMILES string of the molecule is CCOC(=O)c1ccn(-c2cccc(NC(=O)c3ccc(-c4nc(C)no4)cc3)c2)n1. The van der Waals surface area contributed by atoms with Crippen LogP contribution in [0, 0.1) is 6.92 Å². The molecular weight excluding hydrogens is 398 g/mol. The summed E-state index contributed by atoms with van der Waals surface area (Å²) in [6.07, 6.45) is 1.66. The number of hydrogen-bond donors (Lipinski definition) is 1. The third kappa shape index (κ3) is 4.50. The first-order chi connectivity index (χ1) is 15.0. The van der Waals surface area contributed by atoms with E-state index in [1.165, 1.54) is 0 Å². The highest BCUT2D eigenvalue weighted by molar-refractivity contribution is 6.04. The highest BCUT2D eigenvalue weighted by atomic mass is 16.5. The van der Waals surface area contributed by atoms with E-state index in [0.717, 1.165) is 5.56 Å². The lowest BCUT2D eigenvalue weighted by atomic mass is 10.1. The Balaban J connectivity index is 1.47. The number of nitrogens with one attached hydrogen (secondary N) is 1. The van der Waals surface area contributed by atoms with E-state index in [9.17, 15) is 9.59 Å². The van der Waals surface area contributed by atoms with Crippen LogP contribution in [0.1, 0.15) is 33.6 Å². The number of carbonyl (C=O) groups excluding carboxylic acids is 2. The fourth-order valence-corrected chi connectivity index (χ4v) is 2.89. The molecule has 31 heavy (non-hydrogen) atoms. The molecule has 1 N–H and O–H groups in total. The lowest BCUT2D eigenvalue weighted by Gasteiger charge is -2.08. The number of anilines is 1. The van der Waals surface area contributed by atoms with Gasteiger partial charge in [0, 0.05) is 23.0 Å². The van der Waals surface area contributed by atoms with Crippen molar-refractivity contribution in [1.82, 2.24) is 19.9 Å². The molecule has 4 rings (SSSR count). The normalized spacial score (nSPS) is 10.6. The first kappa shape index (κ1) is 20.0. The van der Waals surface area contributed by atoms with Gasteiger partial charge in [0.2, 0.25) is 0 Å². The van der Waals surface area contributed by atoms with Crippen LogP contribution in [-0.2, 0) is 4.74 Å². The highest BCUT2D eigenvalue weighted by Crippen LogP contribution is 2.19. The minimum atomic E-state index is -0.482. The fraction of sp³-hybridized carbons (Fsp3) is 0.136. The number of ether oxygens (including phenoxy) is 1. The number of nitrogens with zero attached hydrogens (tertiary/aromatic N) is 4. The molecule has 0 saturated carbocycles. The summed E-state index contributed by atoms with van der Waals surface area (Å²) in [5.41, 5.74) is 2.71. The molecule has 0 unspecified atom stereocenters. The molecule has 0 radical (unpaired) electrons.